The Morgan fingerprint density at radius 3 is 2.31 bits per heavy atom. The van der Waals surface area contributed by atoms with E-state index in [-0.39, 0.29) is 22.9 Å². The summed E-state index contributed by atoms with van der Waals surface area (Å²) in [4.78, 5) is 47.9. The van der Waals surface area contributed by atoms with E-state index in [0.717, 1.165) is 110 Å². The molecule has 11 heteroatoms. The number of halogens is 1. The van der Waals surface area contributed by atoms with Crippen LogP contribution in [0.25, 0.3) is 0 Å². The van der Waals surface area contributed by atoms with Gasteiger partial charge in [0.1, 0.15) is 5.82 Å². The lowest BCUT2D eigenvalue weighted by Crippen LogP contribution is -2.47. The van der Waals surface area contributed by atoms with Crippen molar-refractivity contribution in [2.24, 2.45) is 16.3 Å². The summed E-state index contributed by atoms with van der Waals surface area (Å²) in [7, 11) is 1.80. The molecule has 1 atom stereocenters. The minimum absolute atomic E-state index is 0.132. The number of nitrogens with one attached hydrogen (secondary N) is 1. The van der Waals surface area contributed by atoms with Crippen LogP contribution in [-0.4, -0.2) is 102 Å². The molecule has 0 aromatic heterocycles. The largest absolute Gasteiger partial charge is 0.374 e. The first kappa shape index (κ1) is 36.6. The van der Waals surface area contributed by atoms with E-state index in [1.807, 2.05) is 39.1 Å². The highest BCUT2D eigenvalue weighted by atomic mass is 32.2. The van der Waals surface area contributed by atoms with Gasteiger partial charge >= 0.3 is 0 Å². The number of aliphatic imine (C=N–C) groups is 1. The first-order valence-electron chi connectivity index (χ1n) is 18.4. The Morgan fingerprint density at radius 1 is 1.04 bits per heavy atom. The van der Waals surface area contributed by atoms with Crippen LogP contribution in [0, 0.1) is 24.1 Å². The predicted octanol–water partition coefficient (Wildman–Crippen LogP) is 6.05. The van der Waals surface area contributed by atoms with E-state index >= 15 is 4.39 Å². The van der Waals surface area contributed by atoms with E-state index < -0.39 is 11.7 Å². The summed E-state index contributed by atoms with van der Waals surface area (Å²) in [5, 5.41) is 3.98. The lowest BCUT2D eigenvalue weighted by molar-refractivity contribution is -0.138. The maximum atomic E-state index is 15.5. The summed E-state index contributed by atoms with van der Waals surface area (Å²) in [6.45, 7) is 11.2. The molecule has 48 heavy (non-hydrogen) atoms. The van der Waals surface area contributed by atoms with Crippen LogP contribution in [-0.2, 0) is 9.59 Å². The van der Waals surface area contributed by atoms with Crippen molar-refractivity contribution >= 4 is 42.2 Å². The Hall–Kier alpha value is -2.66. The number of imide groups is 1. The van der Waals surface area contributed by atoms with Crippen LogP contribution in [0.4, 0.5) is 10.1 Å². The molecular weight excluding hydrogens is 628 g/mol. The molecule has 9 nitrogen and oxygen atoms in total. The Kier molecular flexibility index (Phi) is 12.8. The molecule has 3 heterocycles. The second kappa shape index (κ2) is 16.8. The maximum Gasteiger partial charge on any atom is 0.260 e. The maximum absolute atomic E-state index is 15.5. The van der Waals surface area contributed by atoms with E-state index in [0.29, 0.717) is 41.3 Å². The van der Waals surface area contributed by atoms with Crippen molar-refractivity contribution in [3.63, 3.8) is 0 Å². The van der Waals surface area contributed by atoms with E-state index in [2.05, 4.69) is 24.4 Å². The van der Waals surface area contributed by atoms with Gasteiger partial charge in [0.25, 0.3) is 5.91 Å². The smallest absolute Gasteiger partial charge is 0.260 e. The highest BCUT2D eigenvalue weighted by Gasteiger charge is 2.41. The summed E-state index contributed by atoms with van der Waals surface area (Å²) < 4.78 is 18.0. The molecule has 3 saturated heterocycles. The minimum atomic E-state index is -0.441. The zero-order valence-corrected chi connectivity index (χ0v) is 30.4. The number of rotatable bonds is 11. The number of carbonyl (C=O) groups excluding carboxylic acids is 3. The van der Waals surface area contributed by atoms with Gasteiger partial charge in [0.2, 0.25) is 12.3 Å². The monoisotopic (exact) mass is 684 g/mol. The molecule has 4 fully saturated rings. The molecule has 1 aromatic rings. The normalized spacial score (nSPS) is 22.3. The Bertz CT molecular complexity index is 1280. The number of hydrogen-bond acceptors (Lipinski definition) is 7. The number of carbonyl (C=O) groups is 3. The number of likely N-dealkylation sites (tertiary alicyclic amines) is 1. The number of piperidine rings is 3. The number of hydrogen-bond donors (Lipinski definition) is 1. The molecule has 0 radical (unpaired) electrons. The molecule has 1 aliphatic carbocycles. The number of amides is 3. The lowest BCUT2D eigenvalue weighted by Gasteiger charge is -2.47. The van der Waals surface area contributed by atoms with Crippen LogP contribution in [0.3, 0.4) is 0 Å². The molecule has 1 unspecified atom stereocenters. The number of aryl methyl sites for hydroxylation is 1. The van der Waals surface area contributed by atoms with Crippen molar-refractivity contribution in [2.45, 2.75) is 115 Å². The zero-order valence-electron chi connectivity index (χ0n) is 29.6. The predicted molar refractivity (Wildman–Crippen MR) is 193 cm³/mol. The number of benzene rings is 1. The molecule has 4 aliphatic rings. The highest BCUT2D eigenvalue weighted by molar-refractivity contribution is 7.97. The van der Waals surface area contributed by atoms with Crippen LogP contribution < -0.4 is 10.2 Å². The third-order valence-corrected chi connectivity index (χ3v) is 13.0. The summed E-state index contributed by atoms with van der Waals surface area (Å²) in [5.74, 6) is -0.361. The molecule has 1 N–H and O–H groups in total. The summed E-state index contributed by atoms with van der Waals surface area (Å²) in [5.41, 5.74) is 1.69. The minimum Gasteiger partial charge on any atom is -0.374 e. The fourth-order valence-electron chi connectivity index (χ4n) is 8.34. The molecule has 1 spiro atoms. The molecule has 3 aliphatic heterocycles. The topological polar surface area (TPSA) is 88.6 Å². The summed E-state index contributed by atoms with van der Waals surface area (Å²) >= 11 is 2.01. The average Bonchev–Trinajstić information content (AvgIpc) is 3.10. The number of nitrogens with zero attached hydrogens (tertiary/aromatic N) is 5. The summed E-state index contributed by atoms with van der Waals surface area (Å²) in [6.07, 6.45) is 14.4. The second-order valence-corrected chi connectivity index (χ2v) is 16.1. The lowest BCUT2D eigenvalue weighted by atomic mass is 9.65. The van der Waals surface area contributed by atoms with Crippen molar-refractivity contribution < 1.29 is 18.8 Å². The van der Waals surface area contributed by atoms with Crippen LogP contribution in [0.15, 0.2) is 17.1 Å². The zero-order chi connectivity index (χ0) is 34.3. The third kappa shape index (κ3) is 8.73. The van der Waals surface area contributed by atoms with Gasteiger partial charge in [-0.2, -0.15) is 0 Å². The molecule has 3 amide bonds. The molecular formula is C37H57FN6O3S. The van der Waals surface area contributed by atoms with Crippen molar-refractivity contribution in [3.05, 3.63) is 29.1 Å². The van der Waals surface area contributed by atoms with E-state index in [1.165, 1.54) is 11.0 Å². The van der Waals surface area contributed by atoms with Gasteiger partial charge in [-0.15, -0.1) is 0 Å². The van der Waals surface area contributed by atoms with Gasteiger partial charge in [-0.1, -0.05) is 25.3 Å². The Morgan fingerprint density at radius 2 is 1.71 bits per heavy atom. The Labute approximate surface area is 291 Å². The first-order valence-corrected chi connectivity index (χ1v) is 19.2. The molecule has 1 saturated carbocycles. The van der Waals surface area contributed by atoms with Gasteiger partial charge in [-0.05, 0) is 108 Å². The SMILES string of the molecule is CCCC(C)N(C=O)C(=O)c1cc(F)c(N2CCC3(CCC(C(=O)N4CCC(SN5CCC(NC=NC)CC5)CC4)CC3)CC2)cc1C. The first-order chi connectivity index (χ1) is 23.2. The van der Waals surface area contributed by atoms with Crippen LogP contribution in [0.5, 0.6) is 0 Å². The van der Waals surface area contributed by atoms with Crippen LogP contribution in [0.1, 0.15) is 107 Å². The van der Waals surface area contributed by atoms with Crippen molar-refractivity contribution in [3.8, 4) is 0 Å². The molecule has 0 bridgehead atoms. The molecule has 266 valence electrons. The third-order valence-electron chi connectivity index (χ3n) is 11.6. The van der Waals surface area contributed by atoms with Crippen molar-refractivity contribution in [1.82, 2.24) is 19.4 Å². The molecule has 5 rings (SSSR count). The van der Waals surface area contributed by atoms with Gasteiger partial charge in [-0.3, -0.25) is 28.6 Å². The quantitative estimate of drug-likeness (QED) is 0.132. The van der Waals surface area contributed by atoms with Crippen LogP contribution >= 0.6 is 11.9 Å². The van der Waals surface area contributed by atoms with Gasteiger partial charge in [0.15, 0.2) is 0 Å². The van der Waals surface area contributed by atoms with Gasteiger partial charge in [0, 0.05) is 75.1 Å². The highest BCUT2D eigenvalue weighted by Crippen LogP contribution is 2.47. The Balaban J connectivity index is 1.06. The summed E-state index contributed by atoms with van der Waals surface area (Å²) in [6, 6.07) is 3.38. The van der Waals surface area contributed by atoms with E-state index in [4.69, 9.17) is 0 Å². The van der Waals surface area contributed by atoms with Crippen molar-refractivity contribution in [2.75, 3.05) is 51.2 Å². The fourth-order valence-corrected chi connectivity index (χ4v) is 9.61. The molecule has 1 aromatic carbocycles. The van der Waals surface area contributed by atoms with Crippen LogP contribution in [0.2, 0.25) is 0 Å². The van der Waals surface area contributed by atoms with Crippen molar-refractivity contribution in [1.29, 1.82) is 0 Å². The van der Waals surface area contributed by atoms with Gasteiger partial charge in [-0.25, -0.2) is 4.39 Å². The van der Waals surface area contributed by atoms with E-state index in [1.54, 1.807) is 13.1 Å². The second-order valence-electron chi connectivity index (χ2n) is 14.7. The van der Waals surface area contributed by atoms with Gasteiger partial charge in [0.05, 0.1) is 12.0 Å². The van der Waals surface area contributed by atoms with E-state index in [9.17, 15) is 14.4 Å². The standard InChI is InChI=1S/C37H57FN6O3S/c1-5-6-28(3)44(26-45)36(47)32-24-33(38)34(23-27(32)2)41-21-15-37(16-22-41)13-7-29(8-14-37)35(46)42-17-11-31(12-18-42)48-43-19-9-30(10-20-43)40-25-39-4/h23-26,28-31H,5-22H2,1-4H3,(H,39,40). The number of anilines is 1. The fraction of sp³-hybridized carbons (Fsp3) is 0.730. The average molecular weight is 685 g/mol. The van der Waals surface area contributed by atoms with Gasteiger partial charge < -0.3 is 15.1 Å².